The predicted octanol–water partition coefficient (Wildman–Crippen LogP) is 4.10. The van der Waals surface area contributed by atoms with E-state index in [0.717, 1.165) is 12.0 Å². The Bertz CT molecular complexity index is 724. The lowest BCUT2D eigenvalue weighted by atomic mass is 10.1. The lowest BCUT2D eigenvalue weighted by Crippen LogP contribution is -2.30. The van der Waals surface area contributed by atoms with Gasteiger partial charge < -0.3 is 10.6 Å². The summed E-state index contributed by atoms with van der Waals surface area (Å²) < 4.78 is 12.0. The third kappa shape index (κ3) is 6.70. The molecule has 0 saturated carbocycles. The van der Waals surface area contributed by atoms with Crippen molar-refractivity contribution in [3.63, 3.8) is 0 Å². The van der Waals surface area contributed by atoms with Crippen LogP contribution in [0.15, 0.2) is 54.6 Å². The molecule has 5 heteroatoms. The Kier molecular flexibility index (Phi) is 6.76. The summed E-state index contributed by atoms with van der Waals surface area (Å²) in [5.74, 6) is 0.481. The van der Waals surface area contributed by atoms with Gasteiger partial charge in [-0.15, -0.1) is 0 Å². The number of carbonyl (C=O) groups excluding carboxylic acids is 1. The van der Waals surface area contributed by atoms with E-state index in [1.54, 1.807) is 0 Å². The largest absolute Gasteiger partial charge is 0.338 e. The SMILES string of the molecule is CC(C)(C)S(=O)Cc1cccc(NC(=O)NCCc2ccccc2)c1. The minimum atomic E-state index is -0.964. The van der Waals surface area contributed by atoms with Gasteiger partial charge in [0.2, 0.25) is 0 Å². The fraction of sp³-hybridized carbons (Fsp3) is 0.350. The van der Waals surface area contributed by atoms with Crippen molar-refractivity contribution in [1.82, 2.24) is 5.32 Å². The Hall–Kier alpha value is -2.14. The molecule has 0 radical (unpaired) electrons. The zero-order valence-electron chi connectivity index (χ0n) is 15.0. The number of benzene rings is 2. The summed E-state index contributed by atoms with van der Waals surface area (Å²) in [6.07, 6.45) is 0.791. The monoisotopic (exact) mass is 358 g/mol. The quantitative estimate of drug-likeness (QED) is 0.817. The molecule has 2 aromatic carbocycles. The molecule has 0 bridgehead atoms. The molecule has 0 aliphatic rings. The summed E-state index contributed by atoms with van der Waals surface area (Å²) in [4.78, 5) is 12.0. The Labute approximate surface area is 152 Å². The van der Waals surface area contributed by atoms with Crippen LogP contribution in [0.1, 0.15) is 31.9 Å². The van der Waals surface area contributed by atoms with Crippen molar-refractivity contribution in [2.75, 3.05) is 11.9 Å². The van der Waals surface area contributed by atoms with Crippen molar-refractivity contribution < 1.29 is 9.00 Å². The van der Waals surface area contributed by atoms with E-state index < -0.39 is 10.8 Å². The topological polar surface area (TPSA) is 58.2 Å². The first kappa shape index (κ1) is 19.2. The third-order valence-electron chi connectivity index (χ3n) is 3.71. The van der Waals surface area contributed by atoms with Crippen LogP contribution in [-0.2, 0) is 23.0 Å². The van der Waals surface area contributed by atoms with E-state index in [1.165, 1.54) is 5.56 Å². The molecular weight excluding hydrogens is 332 g/mol. The molecule has 2 N–H and O–H groups in total. The van der Waals surface area contributed by atoms with Gasteiger partial charge in [0.1, 0.15) is 0 Å². The summed E-state index contributed by atoms with van der Waals surface area (Å²) in [6.45, 7) is 6.46. The van der Waals surface area contributed by atoms with Crippen LogP contribution in [-0.4, -0.2) is 21.5 Å². The van der Waals surface area contributed by atoms with Crippen LogP contribution in [0, 0.1) is 0 Å². The van der Waals surface area contributed by atoms with Gasteiger partial charge in [0.15, 0.2) is 0 Å². The lowest BCUT2D eigenvalue weighted by Gasteiger charge is -2.18. The number of urea groups is 1. The molecular formula is C20H26N2O2S. The second-order valence-electron chi connectivity index (χ2n) is 6.92. The van der Waals surface area contributed by atoms with Gasteiger partial charge in [0.05, 0.1) is 0 Å². The number of amides is 2. The van der Waals surface area contributed by atoms with Crippen LogP contribution in [0.2, 0.25) is 0 Å². The molecule has 0 fully saturated rings. The minimum absolute atomic E-state index is 0.231. The highest BCUT2D eigenvalue weighted by Gasteiger charge is 2.19. The fourth-order valence-corrected chi connectivity index (χ4v) is 3.16. The Balaban J connectivity index is 1.84. The van der Waals surface area contributed by atoms with Crippen molar-refractivity contribution >= 4 is 22.5 Å². The van der Waals surface area contributed by atoms with Crippen LogP contribution >= 0.6 is 0 Å². The van der Waals surface area contributed by atoms with Gasteiger partial charge in [-0.2, -0.15) is 0 Å². The number of hydrogen-bond donors (Lipinski definition) is 2. The number of carbonyl (C=O) groups is 1. The molecule has 0 saturated heterocycles. The van der Waals surface area contributed by atoms with Gasteiger partial charge in [-0.25, -0.2) is 4.79 Å². The molecule has 4 nitrogen and oxygen atoms in total. The average molecular weight is 359 g/mol. The van der Waals surface area contributed by atoms with Gasteiger partial charge in [-0.3, -0.25) is 4.21 Å². The average Bonchev–Trinajstić information content (AvgIpc) is 2.55. The first-order chi connectivity index (χ1) is 11.8. The van der Waals surface area contributed by atoms with Gasteiger partial charge in [-0.1, -0.05) is 42.5 Å². The van der Waals surface area contributed by atoms with Crippen LogP contribution in [0.25, 0.3) is 0 Å². The number of rotatable bonds is 6. The van der Waals surface area contributed by atoms with Crippen LogP contribution in [0.5, 0.6) is 0 Å². The van der Waals surface area contributed by atoms with E-state index >= 15 is 0 Å². The summed E-state index contributed by atoms with van der Waals surface area (Å²) >= 11 is 0. The van der Waals surface area contributed by atoms with E-state index in [9.17, 15) is 9.00 Å². The standard InChI is InChI=1S/C20H26N2O2S/c1-20(2,3)25(24)15-17-10-7-11-18(14-17)22-19(23)21-13-12-16-8-5-4-6-9-16/h4-11,14H,12-13,15H2,1-3H3,(H2,21,22,23). The fourth-order valence-electron chi connectivity index (χ4n) is 2.25. The summed E-state index contributed by atoms with van der Waals surface area (Å²) in [6, 6.07) is 17.3. The van der Waals surface area contributed by atoms with Crippen LogP contribution in [0.3, 0.4) is 0 Å². The molecule has 0 spiro atoms. The molecule has 0 aliphatic heterocycles. The van der Waals surface area contributed by atoms with Gasteiger partial charge in [-0.05, 0) is 50.5 Å². The molecule has 0 heterocycles. The third-order valence-corrected chi connectivity index (χ3v) is 5.67. The molecule has 2 amide bonds. The summed E-state index contributed by atoms with van der Waals surface area (Å²) in [5.41, 5.74) is 2.85. The summed E-state index contributed by atoms with van der Waals surface area (Å²) in [7, 11) is -0.964. The van der Waals surface area contributed by atoms with E-state index in [2.05, 4.69) is 10.6 Å². The molecule has 1 atom stereocenters. The maximum Gasteiger partial charge on any atom is 0.319 e. The van der Waals surface area contributed by atoms with Crippen molar-refractivity contribution in [3.05, 3.63) is 65.7 Å². The van der Waals surface area contributed by atoms with Crippen molar-refractivity contribution in [2.45, 2.75) is 37.7 Å². The predicted molar refractivity (Wildman–Crippen MR) is 105 cm³/mol. The maximum absolute atomic E-state index is 12.3. The highest BCUT2D eigenvalue weighted by Crippen LogP contribution is 2.18. The van der Waals surface area contributed by atoms with Crippen molar-refractivity contribution in [1.29, 1.82) is 0 Å². The second kappa shape index (κ2) is 8.81. The maximum atomic E-state index is 12.3. The van der Waals surface area contributed by atoms with Crippen molar-refractivity contribution in [2.24, 2.45) is 0 Å². The van der Waals surface area contributed by atoms with E-state index in [1.807, 2.05) is 75.4 Å². The molecule has 2 aromatic rings. The molecule has 1 unspecified atom stereocenters. The van der Waals surface area contributed by atoms with Gasteiger partial charge in [0.25, 0.3) is 0 Å². The smallest absolute Gasteiger partial charge is 0.319 e. The molecule has 0 aromatic heterocycles. The first-order valence-corrected chi connectivity index (χ1v) is 9.73. The van der Waals surface area contributed by atoms with Crippen LogP contribution < -0.4 is 10.6 Å². The summed E-state index contributed by atoms with van der Waals surface area (Å²) in [5, 5.41) is 5.69. The van der Waals surface area contributed by atoms with Gasteiger partial charge in [0, 0.05) is 33.5 Å². The Morgan fingerprint density at radius 2 is 1.68 bits per heavy atom. The molecule has 0 aliphatic carbocycles. The lowest BCUT2D eigenvalue weighted by molar-refractivity contribution is 0.252. The minimum Gasteiger partial charge on any atom is -0.338 e. The van der Waals surface area contributed by atoms with E-state index in [4.69, 9.17) is 0 Å². The zero-order valence-corrected chi connectivity index (χ0v) is 15.9. The second-order valence-corrected chi connectivity index (χ2v) is 9.12. The zero-order chi connectivity index (χ0) is 18.3. The number of anilines is 1. The van der Waals surface area contributed by atoms with Gasteiger partial charge >= 0.3 is 6.03 Å². The Morgan fingerprint density at radius 1 is 1.00 bits per heavy atom. The Morgan fingerprint density at radius 3 is 2.36 bits per heavy atom. The number of hydrogen-bond acceptors (Lipinski definition) is 2. The first-order valence-electron chi connectivity index (χ1n) is 8.41. The molecule has 25 heavy (non-hydrogen) atoms. The molecule has 2 rings (SSSR count). The van der Waals surface area contributed by atoms with Crippen LogP contribution in [0.4, 0.5) is 10.5 Å². The van der Waals surface area contributed by atoms with Crippen molar-refractivity contribution in [3.8, 4) is 0 Å². The van der Waals surface area contributed by atoms with E-state index in [-0.39, 0.29) is 10.8 Å². The highest BCUT2D eigenvalue weighted by atomic mass is 32.2. The normalized spacial score (nSPS) is 12.4. The highest BCUT2D eigenvalue weighted by molar-refractivity contribution is 7.85. The molecule has 134 valence electrons. The number of nitrogens with one attached hydrogen (secondary N) is 2. The van der Waals surface area contributed by atoms with E-state index in [0.29, 0.717) is 18.0 Å².